The minimum absolute atomic E-state index is 0.0413. The van der Waals surface area contributed by atoms with Crippen LogP contribution in [0.1, 0.15) is 11.1 Å². The summed E-state index contributed by atoms with van der Waals surface area (Å²) in [6, 6.07) is 8.72. The zero-order chi connectivity index (χ0) is 11.7. The highest BCUT2D eigenvalue weighted by Crippen LogP contribution is 2.35. The molecule has 0 bridgehead atoms. The van der Waals surface area contributed by atoms with Gasteiger partial charge in [-0.15, -0.1) is 0 Å². The van der Waals surface area contributed by atoms with Gasteiger partial charge in [-0.2, -0.15) is 5.26 Å². The van der Waals surface area contributed by atoms with Gasteiger partial charge < -0.3 is 10.8 Å². The molecule has 4 nitrogen and oxygen atoms in total. The van der Waals surface area contributed by atoms with Crippen molar-refractivity contribution >= 4 is 17.2 Å². The van der Waals surface area contributed by atoms with Crippen LogP contribution < -0.4 is 5.73 Å². The zero-order valence-electron chi connectivity index (χ0n) is 8.27. The van der Waals surface area contributed by atoms with Gasteiger partial charge in [-0.3, -0.25) is 4.79 Å². The number of aliphatic hydroxyl groups is 1. The van der Waals surface area contributed by atoms with Gasteiger partial charge in [0.25, 0.3) is 5.91 Å². The van der Waals surface area contributed by atoms with Crippen LogP contribution in [-0.4, -0.2) is 11.0 Å². The molecule has 1 aliphatic rings. The third-order valence-corrected chi connectivity index (χ3v) is 2.40. The molecule has 0 radical (unpaired) electrons. The monoisotopic (exact) mass is 212 g/mol. The molecule has 0 aliphatic heterocycles. The van der Waals surface area contributed by atoms with Crippen LogP contribution >= 0.6 is 0 Å². The van der Waals surface area contributed by atoms with Gasteiger partial charge in [-0.05, 0) is 11.6 Å². The molecule has 0 saturated heterocycles. The lowest BCUT2D eigenvalue weighted by Crippen LogP contribution is -2.13. The van der Waals surface area contributed by atoms with Gasteiger partial charge in [-0.25, -0.2) is 0 Å². The molecule has 16 heavy (non-hydrogen) atoms. The van der Waals surface area contributed by atoms with Crippen molar-refractivity contribution in [2.45, 2.75) is 0 Å². The molecule has 0 atom stereocenters. The van der Waals surface area contributed by atoms with Crippen molar-refractivity contribution in [3.05, 3.63) is 47.0 Å². The fourth-order valence-electron chi connectivity index (χ4n) is 1.69. The van der Waals surface area contributed by atoms with E-state index in [1.165, 1.54) is 6.08 Å². The van der Waals surface area contributed by atoms with E-state index in [9.17, 15) is 9.90 Å². The number of rotatable bonds is 1. The number of carbonyl (C=O) groups excluding carboxylic acids is 1. The number of nitriles is 1. The van der Waals surface area contributed by atoms with Gasteiger partial charge in [-0.1, -0.05) is 24.3 Å². The molecule has 1 aliphatic carbocycles. The number of amides is 1. The molecule has 78 valence electrons. The number of primary amides is 1. The van der Waals surface area contributed by atoms with Gasteiger partial charge in [0.2, 0.25) is 0 Å². The van der Waals surface area contributed by atoms with Crippen molar-refractivity contribution in [3.63, 3.8) is 0 Å². The normalized spacial score (nSPS) is 16.1. The van der Waals surface area contributed by atoms with Gasteiger partial charge in [0.15, 0.2) is 0 Å². The highest BCUT2D eigenvalue weighted by molar-refractivity contribution is 6.09. The van der Waals surface area contributed by atoms with Gasteiger partial charge >= 0.3 is 0 Å². The summed E-state index contributed by atoms with van der Waals surface area (Å²) in [5, 5.41) is 18.5. The number of benzene rings is 1. The number of nitrogens with zero attached hydrogens (tertiary/aromatic N) is 1. The fourth-order valence-corrected chi connectivity index (χ4v) is 1.69. The summed E-state index contributed by atoms with van der Waals surface area (Å²) in [4.78, 5) is 11.1. The fraction of sp³-hybridized carbons (Fsp3) is 0. The maximum Gasteiger partial charge on any atom is 0.259 e. The van der Waals surface area contributed by atoms with Crippen LogP contribution in [0.2, 0.25) is 0 Å². The van der Waals surface area contributed by atoms with Crippen molar-refractivity contribution in [2.24, 2.45) is 5.73 Å². The Morgan fingerprint density at radius 3 is 2.50 bits per heavy atom. The quantitative estimate of drug-likeness (QED) is 0.544. The Kier molecular flexibility index (Phi) is 2.22. The van der Waals surface area contributed by atoms with Crippen LogP contribution in [0.4, 0.5) is 0 Å². The van der Waals surface area contributed by atoms with Gasteiger partial charge in [0, 0.05) is 11.1 Å². The standard InChI is InChI=1S/C12H8N2O2/c13-6-10(12(14)16)9-5-11(15)8-4-2-1-3-7(8)9/h1-5,15H,(H2,14,16). The number of aliphatic hydroxyl groups excluding tert-OH is 1. The van der Waals surface area contributed by atoms with Crippen molar-refractivity contribution < 1.29 is 9.90 Å². The second-order valence-electron chi connectivity index (χ2n) is 3.34. The molecular weight excluding hydrogens is 204 g/mol. The number of hydrogen-bond donors (Lipinski definition) is 2. The second-order valence-corrected chi connectivity index (χ2v) is 3.34. The number of fused-ring (bicyclic) bond motifs is 1. The lowest BCUT2D eigenvalue weighted by molar-refractivity contribution is -0.114. The minimum Gasteiger partial charge on any atom is -0.507 e. The van der Waals surface area contributed by atoms with E-state index in [-0.39, 0.29) is 11.3 Å². The average molecular weight is 212 g/mol. The van der Waals surface area contributed by atoms with Crippen molar-refractivity contribution in [3.8, 4) is 6.07 Å². The third-order valence-electron chi connectivity index (χ3n) is 2.40. The molecule has 4 heteroatoms. The zero-order valence-corrected chi connectivity index (χ0v) is 8.27. The van der Waals surface area contributed by atoms with Crippen LogP contribution in [0, 0.1) is 11.3 Å². The molecule has 2 rings (SSSR count). The number of carbonyl (C=O) groups is 1. The highest BCUT2D eigenvalue weighted by Gasteiger charge is 2.22. The number of hydrogen-bond acceptors (Lipinski definition) is 3. The summed E-state index contributed by atoms with van der Waals surface area (Å²) < 4.78 is 0. The van der Waals surface area contributed by atoms with Crippen LogP contribution in [-0.2, 0) is 4.79 Å². The van der Waals surface area contributed by atoms with E-state index >= 15 is 0 Å². The molecular formula is C12H8N2O2. The summed E-state index contributed by atoms with van der Waals surface area (Å²) in [7, 11) is 0. The molecule has 1 aromatic carbocycles. The Hall–Kier alpha value is -2.54. The van der Waals surface area contributed by atoms with E-state index in [2.05, 4.69) is 0 Å². The molecule has 0 unspecified atom stereocenters. The Labute approximate surface area is 91.9 Å². The van der Waals surface area contributed by atoms with E-state index in [0.29, 0.717) is 16.7 Å². The molecule has 0 heterocycles. The van der Waals surface area contributed by atoms with E-state index < -0.39 is 5.91 Å². The van der Waals surface area contributed by atoms with Crippen LogP contribution in [0.3, 0.4) is 0 Å². The van der Waals surface area contributed by atoms with Gasteiger partial charge in [0.05, 0.1) is 0 Å². The first kappa shape index (κ1) is 9.99. The topological polar surface area (TPSA) is 87.1 Å². The Morgan fingerprint density at radius 2 is 1.94 bits per heavy atom. The van der Waals surface area contributed by atoms with Crippen molar-refractivity contribution in [1.82, 2.24) is 0 Å². The van der Waals surface area contributed by atoms with Crippen molar-refractivity contribution in [1.29, 1.82) is 5.26 Å². The third kappa shape index (κ3) is 1.35. The number of nitrogens with two attached hydrogens (primary N) is 1. The van der Waals surface area contributed by atoms with Crippen LogP contribution in [0.15, 0.2) is 35.9 Å². The maximum absolute atomic E-state index is 11.1. The van der Waals surface area contributed by atoms with Crippen LogP contribution in [0.5, 0.6) is 0 Å². The Balaban J connectivity index is 2.73. The summed E-state index contributed by atoms with van der Waals surface area (Å²) in [6.45, 7) is 0. The number of allylic oxidation sites excluding steroid dienone is 2. The van der Waals surface area contributed by atoms with E-state index in [0.717, 1.165) is 0 Å². The largest absolute Gasteiger partial charge is 0.507 e. The summed E-state index contributed by atoms with van der Waals surface area (Å²) in [5.41, 5.74) is 6.59. The van der Waals surface area contributed by atoms with E-state index in [1.807, 2.05) is 0 Å². The van der Waals surface area contributed by atoms with E-state index in [1.54, 1.807) is 30.3 Å². The van der Waals surface area contributed by atoms with Crippen molar-refractivity contribution in [2.75, 3.05) is 0 Å². The first-order chi connectivity index (χ1) is 7.65. The molecule has 1 amide bonds. The summed E-state index contributed by atoms with van der Waals surface area (Å²) in [5.74, 6) is -0.752. The lowest BCUT2D eigenvalue weighted by atomic mass is 10.0. The maximum atomic E-state index is 11.1. The first-order valence-electron chi connectivity index (χ1n) is 4.59. The predicted octanol–water partition coefficient (Wildman–Crippen LogP) is 1.36. The highest BCUT2D eigenvalue weighted by atomic mass is 16.3. The molecule has 1 aromatic rings. The SMILES string of the molecule is N#CC(C(N)=O)=C1C=C(O)c2ccccc21. The molecule has 0 spiro atoms. The van der Waals surface area contributed by atoms with E-state index in [4.69, 9.17) is 11.0 Å². The molecule has 0 aromatic heterocycles. The molecule has 3 N–H and O–H groups in total. The Bertz CT molecular complexity index is 577. The van der Waals surface area contributed by atoms with Crippen LogP contribution in [0.25, 0.3) is 11.3 Å². The average Bonchev–Trinajstić information content (AvgIpc) is 2.58. The lowest BCUT2D eigenvalue weighted by Gasteiger charge is -2.01. The minimum atomic E-state index is -0.793. The molecule has 0 saturated carbocycles. The smallest absolute Gasteiger partial charge is 0.259 e. The summed E-state index contributed by atoms with van der Waals surface area (Å²) >= 11 is 0. The first-order valence-corrected chi connectivity index (χ1v) is 4.59. The molecule has 0 fully saturated rings. The summed E-state index contributed by atoms with van der Waals surface area (Å²) in [6.07, 6.45) is 1.38. The second kappa shape index (κ2) is 3.55. The van der Waals surface area contributed by atoms with Gasteiger partial charge in [0.1, 0.15) is 17.4 Å². The Morgan fingerprint density at radius 1 is 1.31 bits per heavy atom. The predicted molar refractivity (Wildman–Crippen MR) is 58.8 cm³/mol.